The van der Waals surface area contributed by atoms with Crippen molar-refractivity contribution in [3.8, 4) is 40.2 Å². The predicted molar refractivity (Wildman–Crippen MR) is 356 cm³/mol. The van der Waals surface area contributed by atoms with Gasteiger partial charge in [0.1, 0.15) is 40.2 Å². The summed E-state index contributed by atoms with van der Waals surface area (Å²) in [5.74, 6) is 6.68. The maximum absolute atomic E-state index is 9.59. The third-order valence-corrected chi connectivity index (χ3v) is 16.4. The molecule has 0 aliphatic rings. The van der Waals surface area contributed by atoms with Crippen LogP contribution in [-0.4, -0.2) is 35.7 Å². The molecule has 7 aromatic rings. The van der Waals surface area contributed by atoms with Crippen LogP contribution in [0.5, 0.6) is 40.2 Å². The summed E-state index contributed by atoms with van der Waals surface area (Å²) in [6.07, 6.45) is 7.90. The van der Waals surface area contributed by atoms with E-state index >= 15 is 0 Å². The fourth-order valence-electron chi connectivity index (χ4n) is 8.76. The Bertz CT molecular complexity index is 2840. The number of aromatic hydroxyl groups is 7. The van der Waals surface area contributed by atoms with Crippen molar-refractivity contribution < 1.29 is 35.7 Å². The summed E-state index contributed by atoms with van der Waals surface area (Å²) in [5.41, 5.74) is 14.9. The number of para-hydroxylation sites is 1. The molecule has 0 heterocycles. The molecule has 7 unspecified atom stereocenters. The highest BCUT2D eigenvalue weighted by Crippen LogP contribution is 2.31. The average Bonchev–Trinajstić information content (AvgIpc) is 3.50. The Morgan fingerprint density at radius 3 is 1.02 bits per heavy atom. The van der Waals surface area contributed by atoms with Gasteiger partial charge in [-0.25, -0.2) is 0 Å². The second kappa shape index (κ2) is 38.8. The molecule has 7 N–H and O–H groups in total. The lowest BCUT2D eigenvalue weighted by Crippen LogP contribution is -1.95. The van der Waals surface area contributed by atoms with Crippen LogP contribution >= 0.6 is 0 Å². The lowest BCUT2D eigenvalue weighted by Gasteiger charge is -2.14. The number of phenols is 7. The van der Waals surface area contributed by atoms with E-state index in [0.717, 1.165) is 78.3 Å². The van der Waals surface area contributed by atoms with Crippen LogP contribution in [0.1, 0.15) is 256 Å². The molecule has 0 spiro atoms. The standard InChI is InChI=1S/2C12H18O.2C11H16O.3C10H14O/c1-5-8(2)11-6-10(4)12(13)7-9(11)3;1-5-8(2)11-6-9(3)12(13)10(4)7-11;2*1-4-8(2)10-5-6-11(12)9(3)7-10;1-3-8(2)9-4-6-10(11)7-5-9;1-3-8(2)9-5-4-6-10(11)7-9;1-3-8(2)9-6-4-5-7-10(9)11/h2*6-8,13H,5H2,1-4H3;2*5-8,12H,4H2,1-3H3;3*4-8,11H,3H2,1-2H3. The van der Waals surface area contributed by atoms with E-state index in [9.17, 15) is 25.5 Å². The van der Waals surface area contributed by atoms with Gasteiger partial charge in [-0.05, 0) is 249 Å². The molecule has 7 heteroatoms. The van der Waals surface area contributed by atoms with E-state index in [2.05, 4.69) is 134 Å². The molecule has 7 atom stereocenters. The molecule has 83 heavy (non-hydrogen) atoms. The van der Waals surface area contributed by atoms with Crippen LogP contribution in [0.15, 0.2) is 133 Å². The Morgan fingerprint density at radius 2 is 0.614 bits per heavy atom. The summed E-state index contributed by atoms with van der Waals surface area (Å²) >= 11 is 0. The first-order valence-corrected chi connectivity index (χ1v) is 30.7. The number of benzene rings is 7. The highest BCUT2D eigenvalue weighted by molar-refractivity contribution is 5.44. The highest BCUT2D eigenvalue weighted by Gasteiger charge is 2.11. The largest absolute Gasteiger partial charge is 0.508 e. The lowest BCUT2D eigenvalue weighted by molar-refractivity contribution is 0.462. The van der Waals surface area contributed by atoms with E-state index in [1.807, 2.05) is 101 Å². The zero-order valence-electron chi connectivity index (χ0n) is 54.8. The molecule has 0 bridgehead atoms. The second-order valence-corrected chi connectivity index (χ2v) is 23.0. The Hall–Kier alpha value is -6.86. The summed E-state index contributed by atoms with van der Waals surface area (Å²) in [4.78, 5) is 0. The molecular weight excluding hydrogens is 1020 g/mol. The monoisotopic (exact) mass is 1130 g/mol. The fraction of sp³-hybridized carbons (Fsp3) is 0.447. The van der Waals surface area contributed by atoms with Crippen LogP contribution in [0, 0.1) is 41.5 Å². The van der Waals surface area contributed by atoms with Gasteiger partial charge < -0.3 is 35.7 Å². The molecule has 0 saturated heterocycles. The molecule has 0 aromatic heterocycles. The van der Waals surface area contributed by atoms with E-state index < -0.39 is 0 Å². The molecule has 0 aliphatic carbocycles. The topological polar surface area (TPSA) is 142 Å². The first-order valence-electron chi connectivity index (χ1n) is 30.7. The minimum absolute atomic E-state index is 0.344. The fourth-order valence-corrected chi connectivity index (χ4v) is 8.76. The van der Waals surface area contributed by atoms with Crippen molar-refractivity contribution in [2.24, 2.45) is 0 Å². The van der Waals surface area contributed by atoms with Crippen LogP contribution in [-0.2, 0) is 0 Å². The molecule has 0 aliphatic heterocycles. The van der Waals surface area contributed by atoms with Gasteiger partial charge in [0.15, 0.2) is 0 Å². The normalized spacial score (nSPS) is 12.9. The van der Waals surface area contributed by atoms with Crippen molar-refractivity contribution in [3.05, 3.63) is 206 Å². The Labute approximate surface area is 504 Å². The molecule has 456 valence electrons. The molecule has 7 aromatic carbocycles. The molecule has 7 rings (SSSR count). The third-order valence-electron chi connectivity index (χ3n) is 16.4. The van der Waals surface area contributed by atoms with Gasteiger partial charge >= 0.3 is 0 Å². The van der Waals surface area contributed by atoms with Gasteiger partial charge in [0.2, 0.25) is 0 Å². The summed E-state index contributed by atoms with van der Waals surface area (Å²) in [6, 6.07) is 42.2. The van der Waals surface area contributed by atoms with Crippen LogP contribution in [0.2, 0.25) is 0 Å². The van der Waals surface area contributed by atoms with Crippen molar-refractivity contribution in [3.63, 3.8) is 0 Å². The summed E-state index contributed by atoms with van der Waals surface area (Å²) in [6.45, 7) is 42.2. The predicted octanol–water partition coefficient (Wildman–Crippen LogP) is 22.2. The number of rotatable bonds is 14. The molecular formula is C76H110O7. The van der Waals surface area contributed by atoms with Crippen LogP contribution in [0.4, 0.5) is 0 Å². The molecule has 0 saturated carbocycles. The zero-order chi connectivity index (χ0) is 63.1. The van der Waals surface area contributed by atoms with Gasteiger partial charge in [-0.2, -0.15) is 0 Å². The van der Waals surface area contributed by atoms with Crippen molar-refractivity contribution >= 4 is 0 Å². The van der Waals surface area contributed by atoms with Crippen molar-refractivity contribution in [1.29, 1.82) is 0 Å². The van der Waals surface area contributed by atoms with Crippen molar-refractivity contribution in [1.82, 2.24) is 0 Å². The van der Waals surface area contributed by atoms with Gasteiger partial charge in [-0.15, -0.1) is 0 Å². The molecule has 0 radical (unpaired) electrons. The van der Waals surface area contributed by atoms with E-state index in [1.165, 1.54) is 38.9 Å². The molecule has 7 nitrogen and oxygen atoms in total. The lowest BCUT2D eigenvalue weighted by atomic mass is 9.92. The molecule has 0 fully saturated rings. The van der Waals surface area contributed by atoms with E-state index in [-0.39, 0.29) is 0 Å². The van der Waals surface area contributed by atoms with Crippen LogP contribution in [0.3, 0.4) is 0 Å². The van der Waals surface area contributed by atoms with Gasteiger partial charge in [-0.3, -0.25) is 0 Å². The van der Waals surface area contributed by atoms with Crippen LogP contribution < -0.4 is 0 Å². The first-order chi connectivity index (χ1) is 39.1. The number of hydrogen-bond acceptors (Lipinski definition) is 7. The van der Waals surface area contributed by atoms with Gasteiger partial charge in [0.05, 0.1) is 0 Å². The number of hydrogen-bond donors (Lipinski definition) is 7. The van der Waals surface area contributed by atoms with Gasteiger partial charge in [0.25, 0.3) is 0 Å². The van der Waals surface area contributed by atoms with Crippen LogP contribution in [0.25, 0.3) is 0 Å². The average molecular weight is 1140 g/mol. The first kappa shape index (κ1) is 74.2. The smallest absolute Gasteiger partial charge is 0.121 e. The minimum Gasteiger partial charge on any atom is -0.508 e. The van der Waals surface area contributed by atoms with E-state index in [4.69, 9.17) is 10.2 Å². The van der Waals surface area contributed by atoms with E-state index in [0.29, 0.717) is 81.7 Å². The molecule has 0 amide bonds. The van der Waals surface area contributed by atoms with Crippen molar-refractivity contribution in [2.45, 2.75) is 225 Å². The number of phenolic OH excluding ortho intramolecular Hbond substituents is 7. The third kappa shape index (κ3) is 26.1. The summed E-state index contributed by atoms with van der Waals surface area (Å²) in [7, 11) is 0. The minimum atomic E-state index is 0.344. The Balaban J connectivity index is 0.000000485. The highest BCUT2D eigenvalue weighted by atomic mass is 16.3. The van der Waals surface area contributed by atoms with Gasteiger partial charge in [-0.1, -0.05) is 182 Å². The Kier molecular flexibility index (Phi) is 34.7. The maximum Gasteiger partial charge on any atom is 0.121 e. The Morgan fingerprint density at radius 1 is 0.253 bits per heavy atom. The van der Waals surface area contributed by atoms with Crippen molar-refractivity contribution in [2.75, 3.05) is 0 Å². The second-order valence-electron chi connectivity index (χ2n) is 23.0. The number of aryl methyl sites for hydroxylation is 6. The van der Waals surface area contributed by atoms with E-state index in [1.54, 1.807) is 36.4 Å². The maximum atomic E-state index is 9.59. The van der Waals surface area contributed by atoms with Gasteiger partial charge in [0, 0.05) is 0 Å². The summed E-state index contributed by atoms with van der Waals surface area (Å²) < 4.78 is 0. The quantitative estimate of drug-likeness (QED) is 0.0575. The SMILES string of the molecule is CCC(C)c1cc(C)c(O)c(C)c1.CCC(C)c1cc(C)c(O)cc1C.CCC(C)c1ccc(O)c(C)c1.CCC(C)c1ccc(O)c(C)c1.CCC(C)c1ccc(O)cc1.CCC(C)c1cccc(O)c1.CCC(C)c1ccccc1O. The zero-order valence-corrected chi connectivity index (χ0v) is 54.8. The summed E-state index contributed by atoms with van der Waals surface area (Å²) in [5, 5.41) is 65.2.